The van der Waals surface area contributed by atoms with Gasteiger partial charge in [-0.2, -0.15) is 0 Å². The lowest BCUT2D eigenvalue weighted by molar-refractivity contribution is 0.210. The maximum absolute atomic E-state index is 13.9. The fourth-order valence-electron chi connectivity index (χ4n) is 2.86. The van der Waals surface area contributed by atoms with Crippen LogP contribution in [0.5, 0.6) is 0 Å². The van der Waals surface area contributed by atoms with E-state index < -0.39 is 11.6 Å². The molecule has 20 heavy (non-hydrogen) atoms. The fourth-order valence-corrected chi connectivity index (χ4v) is 2.86. The largest absolute Gasteiger partial charge is 0.329 e. The van der Waals surface area contributed by atoms with Gasteiger partial charge in [-0.05, 0) is 17.2 Å². The van der Waals surface area contributed by atoms with Crippen LogP contribution in [0.25, 0.3) is 0 Å². The molecule has 0 amide bonds. The topological polar surface area (TPSA) is 29.3 Å². The van der Waals surface area contributed by atoms with Crippen LogP contribution < -0.4 is 5.73 Å². The van der Waals surface area contributed by atoms with Crippen molar-refractivity contribution in [1.82, 2.24) is 4.90 Å². The third-order valence-corrected chi connectivity index (χ3v) is 3.81. The van der Waals surface area contributed by atoms with E-state index in [0.29, 0.717) is 30.8 Å². The van der Waals surface area contributed by atoms with Gasteiger partial charge in [0.2, 0.25) is 0 Å². The van der Waals surface area contributed by atoms with E-state index in [9.17, 15) is 8.78 Å². The van der Waals surface area contributed by atoms with Gasteiger partial charge in [0.15, 0.2) is 0 Å². The van der Waals surface area contributed by atoms with Gasteiger partial charge in [-0.15, -0.1) is 0 Å². The molecule has 2 aromatic rings. The molecule has 1 aliphatic rings. The summed E-state index contributed by atoms with van der Waals surface area (Å²) in [5.41, 5.74) is 8.19. The van der Waals surface area contributed by atoms with E-state index in [-0.39, 0.29) is 6.04 Å². The summed E-state index contributed by atoms with van der Waals surface area (Å²) >= 11 is 0. The Hall–Kier alpha value is -1.78. The van der Waals surface area contributed by atoms with Crippen LogP contribution in [-0.4, -0.2) is 11.4 Å². The van der Waals surface area contributed by atoms with Crippen LogP contribution in [0, 0.1) is 11.6 Å². The van der Waals surface area contributed by atoms with Gasteiger partial charge in [0.1, 0.15) is 11.6 Å². The molecule has 1 heterocycles. The molecule has 0 spiro atoms. The number of halogens is 2. The van der Waals surface area contributed by atoms with Crippen LogP contribution in [0.2, 0.25) is 0 Å². The molecule has 0 saturated heterocycles. The van der Waals surface area contributed by atoms with E-state index in [1.807, 2.05) is 30.3 Å². The molecular weight excluding hydrogens is 258 g/mol. The number of benzene rings is 2. The van der Waals surface area contributed by atoms with E-state index in [1.165, 1.54) is 6.07 Å². The Morgan fingerprint density at radius 3 is 2.60 bits per heavy atom. The first-order valence-electron chi connectivity index (χ1n) is 6.65. The van der Waals surface area contributed by atoms with Gasteiger partial charge in [0.25, 0.3) is 0 Å². The van der Waals surface area contributed by atoms with E-state index in [2.05, 4.69) is 4.90 Å². The van der Waals surface area contributed by atoms with Gasteiger partial charge in [-0.3, -0.25) is 4.90 Å². The van der Waals surface area contributed by atoms with Gasteiger partial charge >= 0.3 is 0 Å². The molecule has 3 rings (SSSR count). The Morgan fingerprint density at radius 2 is 1.90 bits per heavy atom. The highest BCUT2D eigenvalue weighted by Crippen LogP contribution is 2.36. The molecule has 0 radical (unpaired) electrons. The quantitative estimate of drug-likeness (QED) is 0.932. The first kappa shape index (κ1) is 13.2. The summed E-state index contributed by atoms with van der Waals surface area (Å²) in [6.07, 6.45) is 0. The van der Waals surface area contributed by atoms with Gasteiger partial charge < -0.3 is 5.73 Å². The molecule has 1 aliphatic heterocycles. The molecule has 1 unspecified atom stereocenters. The zero-order chi connectivity index (χ0) is 14.1. The molecule has 2 nitrogen and oxygen atoms in total. The van der Waals surface area contributed by atoms with Gasteiger partial charge in [0, 0.05) is 37.3 Å². The van der Waals surface area contributed by atoms with Crippen LogP contribution in [0.4, 0.5) is 8.78 Å². The summed E-state index contributed by atoms with van der Waals surface area (Å²) in [6, 6.07) is 12.2. The van der Waals surface area contributed by atoms with Crippen molar-refractivity contribution in [3.05, 3.63) is 70.8 Å². The second-order valence-corrected chi connectivity index (χ2v) is 5.10. The predicted octanol–water partition coefficient (Wildman–Crippen LogP) is 2.98. The van der Waals surface area contributed by atoms with Crippen LogP contribution in [0.1, 0.15) is 22.7 Å². The predicted molar refractivity (Wildman–Crippen MR) is 73.8 cm³/mol. The van der Waals surface area contributed by atoms with Crippen LogP contribution in [0.15, 0.2) is 42.5 Å². The zero-order valence-electron chi connectivity index (χ0n) is 11.0. The van der Waals surface area contributed by atoms with E-state index in [4.69, 9.17) is 5.73 Å². The molecule has 2 N–H and O–H groups in total. The molecule has 0 saturated carbocycles. The zero-order valence-corrected chi connectivity index (χ0v) is 11.0. The number of rotatable bonds is 3. The van der Waals surface area contributed by atoms with Crippen molar-refractivity contribution in [2.24, 2.45) is 5.73 Å². The lowest BCUT2D eigenvalue weighted by Gasteiger charge is -2.23. The van der Waals surface area contributed by atoms with Crippen molar-refractivity contribution < 1.29 is 8.78 Å². The van der Waals surface area contributed by atoms with Crippen molar-refractivity contribution in [1.29, 1.82) is 0 Å². The summed E-state index contributed by atoms with van der Waals surface area (Å²) in [7, 11) is 0. The standard InChI is InChI=1S/C16H16F2N2/c17-12-6-13-14(15(18)7-12)10-20(16(13)8-19)9-11-4-2-1-3-5-11/h1-7,16H,8-10,19H2. The highest BCUT2D eigenvalue weighted by Gasteiger charge is 2.31. The molecule has 0 aromatic heterocycles. The molecule has 0 aliphatic carbocycles. The fraction of sp³-hybridized carbons (Fsp3) is 0.250. The Kier molecular flexibility index (Phi) is 3.51. The Bertz CT molecular complexity index is 613. The highest BCUT2D eigenvalue weighted by atomic mass is 19.1. The third-order valence-electron chi connectivity index (χ3n) is 3.81. The minimum absolute atomic E-state index is 0.129. The smallest absolute Gasteiger partial charge is 0.130 e. The Morgan fingerprint density at radius 1 is 1.15 bits per heavy atom. The van der Waals surface area contributed by atoms with Gasteiger partial charge in [0.05, 0.1) is 0 Å². The molecule has 0 bridgehead atoms. The van der Waals surface area contributed by atoms with Crippen LogP contribution >= 0.6 is 0 Å². The lowest BCUT2D eigenvalue weighted by atomic mass is 10.0. The molecule has 104 valence electrons. The SMILES string of the molecule is NCC1c2cc(F)cc(F)c2CN1Cc1ccccc1. The first-order valence-corrected chi connectivity index (χ1v) is 6.65. The maximum Gasteiger partial charge on any atom is 0.130 e. The van der Waals surface area contributed by atoms with Crippen molar-refractivity contribution in [2.75, 3.05) is 6.54 Å². The third kappa shape index (κ3) is 2.32. The number of nitrogens with two attached hydrogens (primary N) is 1. The van der Waals surface area contributed by atoms with Gasteiger partial charge in [-0.1, -0.05) is 30.3 Å². The second-order valence-electron chi connectivity index (χ2n) is 5.10. The van der Waals surface area contributed by atoms with Crippen LogP contribution in [0.3, 0.4) is 0 Å². The molecule has 1 atom stereocenters. The van der Waals surface area contributed by atoms with E-state index in [0.717, 1.165) is 11.6 Å². The number of nitrogens with zero attached hydrogens (tertiary/aromatic N) is 1. The highest BCUT2D eigenvalue weighted by molar-refractivity contribution is 5.36. The summed E-state index contributed by atoms with van der Waals surface area (Å²) in [6.45, 7) is 1.50. The first-order chi connectivity index (χ1) is 9.69. The molecule has 0 fully saturated rings. The Labute approximate surface area is 116 Å². The van der Waals surface area contributed by atoms with Crippen molar-refractivity contribution in [2.45, 2.75) is 19.1 Å². The summed E-state index contributed by atoms with van der Waals surface area (Å²) in [4.78, 5) is 2.09. The van der Waals surface area contributed by atoms with Gasteiger partial charge in [-0.25, -0.2) is 8.78 Å². The average Bonchev–Trinajstić information content (AvgIpc) is 2.77. The molecule has 4 heteroatoms. The van der Waals surface area contributed by atoms with E-state index in [1.54, 1.807) is 0 Å². The van der Waals surface area contributed by atoms with E-state index >= 15 is 0 Å². The molecule has 2 aromatic carbocycles. The average molecular weight is 274 g/mol. The summed E-state index contributed by atoms with van der Waals surface area (Å²) in [5, 5.41) is 0. The monoisotopic (exact) mass is 274 g/mol. The maximum atomic E-state index is 13.9. The number of hydrogen-bond donors (Lipinski definition) is 1. The Balaban J connectivity index is 1.91. The minimum atomic E-state index is -0.540. The van der Waals surface area contributed by atoms with Crippen molar-refractivity contribution in [3.8, 4) is 0 Å². The van der Waals surface area contributed by atoms with Crippen LogP contribution in [-0.2, 0) is 13.1 Å². The summed E-state index contributed by atoms with van der Waals surface area (Å²) < 4.78 is 27.3. The molecular formula is C16H16F2N2. The van der Waals surface area contributed by atoms with Crippen molar-refractivity contribution >= 4 is 0 Å². The number of fused-ring (bicyclic) bond motifs is 1. The number of hydrogen-bond acceptors (Lipinski definition) is 2. The lowest BCUT2D eigenvalue weighted by Crippen LogP contribution is -2.27. The minimum Gasteiger partial charge on any atom is -0.329 e. The summed E-state index contributed by atoms with van der Waals surface area (Å²) in [5.74, 6) is -1.02. The normalized spacial score (nSPS) is 18.2. The second kappa shape index (κ2) is 5.31. The van der Waals surface area contributed by atoms with Crippen molar-refractivity contribution in [3.63, 3.8) is 0 Å².